The average Bonchev–Trinajstić information content (AvgIpc) is 3.25. The highest BCUT2D eigenvalue weighted by atomic mass is 32.1. The van der Waals surface area contributed by atoms with E-state index < -0.39 is 12.0 Å². The minimum absolute atomic E-state index is 0.123. The minimum Gasteiger partial charge on any atom is -0.454 e. The molecule has 9 heteroatoms. The Balaban J connectivity index is 1.54. The number of carbonyl (C=O) groups excluding carboxylic acids is 3. The van der Waals surface area contributed by atoms with Crippen molar-refractivity contribution in [3.8, 4) is 11.5 Å². The third-order valence-electron chi connectivity index (χ3n) is 5.19. The lowest BCUT2D eigenvalue weighted by Crippen LogP contribution is -2.32. The maximum absolute atomic E-state index is 12.9. The maximum Gasteiger partial charge on any atom is 0.414 e. The number of nitrogens with one attached hydrogen (secondary N) is 2. The van der Waals surface area contributed by atoms with Crippen LogP contribution in [0, 0.1) is 0 Å². The Labute approximate surface area is 183 Å². The van der Waals surface area contributed by atoms with Crippen molar-refractivity contribution in [2.45, 2.75) is 45.4 Å². The van der Waals surface area contributed by atoms with Crippen molar-refractivity contribution in [3.63, 3.8) is 0 Å². The molecule has 1 aliphatic carbocycles. The summed E-state index contributed by atoms with van der Waals surface area (Å²) in [5.74, 6) is 0.475. The monoisotopic (exact) mass is 444 g/mol. The molecule has 0 atom stereocenters. The molecule has 2 heterocycles. The van der Waals surface area contributed by atoms with Gasteiger partial charge in [0.15, 0.2) is 11.5 Å². The number of hydrogen-bond donors (Lipinski definition) is 2. The van der Waals surface area contributed by atoms with Crippen LogP contribution in [-0.2, 0) is 28.8 Å². The van der Waals surface area contributed by atoms with Crippen LogP contribution in [0.3, 0.4) is 0 Å². The van der Waals surface area contributed by atoms with Crippen LogP contribution in [0.1, 0.15) is 52.5 Å². The Kier molecular flexibility index (Phi) is 6.41. The molecule has 2 aliphatic rings. The SMILES string of the molecule is CCOC(=O)NC(=O)c1c(NC(=O)Cc2ccc3c(c2)OCO3)sc2c1CCCCC2. The summed E-state index contributed by atoms with van der Waals surface area (Å²) >= 11 is 1.41. The highest BCUT2D eigenvalue weighted by molar-refractivity contribution is 7.17. The van der Waals surface area contributed by atoms with Crippen LogP contribution in [0.4, 0.5) is 9.80 Å². The molecule has 0 radical (unpaired) electrons. The van der Waals surface area contributed by atoms with Gasteiger partial charge in [-0.25, -0.2) is 4.79 Å². The minimum atomic E-state index is -0.793. The molecule has 164 valence electrons. The van der Waals surface area contributed by atoms with E-state index in [1.807, 2.05) is 6.07 Å². The fourth-order valence-electron chi connectivity index (χ4n) is 3.80. The van der Waals surface area contributed by atoms with Gasteiger partial charge in [0, 0.05) is 4.88 Å². The normalized spacial score (nSPS) is 14.4. The number of aryl methyl sites for hydroxylation is 1. The van der Waals surface area contributed by atoms with Crippen molar-refractivity contribution < 1.29 is 28.6 Å². The van der Waals surface area contributed by atoms with E-state index in [-0.39, 0.29) is 25.7 Å². The summed E-state index contributed by atoms with van der Waals surface area (Å²) in [6, 6.07) is 5.36. The number of imide groups is 1. The maximum atomic E-state index is 12.9. The Morgan fingerprint density at radius 3 is 2.74 bits per heavy atom. The van der Waals surface area contributed by atoms with E-state index in [0.717, 1.165) is 48.1 Å². The van der Waals surface area contributed by atoms with Gasteiger partial charge in [-0.3, -0.25) is 14.9 Å². The predicted octanol–water partition coefficient (Wildman–Crippen LogP) is 3.81. The fraction of sp³-hybridized carbons (Fsp3) is 0.409. The summed E-state index contributed by atoms with van der Waals surface area (Å²) in [5, 5.41) is 5.63. The van der Waals surface area contributed by atoms with E-state index >= 15 is 0 Å². The standard InChI is InChI=1S/C22H24N2O6S/c1-2-28-22(27)24-20(26)19-14-6-4-3-5-7-17(14)31-21(19)23-18(25)11-13-8-9-15-16(10-13)30-12-29-15/h8-10H,2-7,11-12H2,1H3,(H,23,25)(H,24,26,27). The summed E-state index contributed by atoms with van der Waals surface area (Å²) in [6.45, 7) is 2.01. The second-order valence-electron chi connectivity index (χ2n) is 7.36. The summed E-state index contributed by atoms with van der Waals surface area (Å²) in [6.07, 6.45) is 4.03. The van der Waals surface area contributed by atoms with Crippen molar-refractivity contribution in [1.29, 1.82) is 0 Å². The topological polar surface area (TPSA) is 103 Å². The number of amides is 3. The fourth-order valence-corrected chi connectivity index (χ4v) is 5.10. The van der Waals surface area contributed by atoms with E-state index in [2.05, 4.69) is 10.6 Å². The van der Waals surface area contributed by atoms with Crippen molar-refractivity contribution in [3.05, 3.63) is 39.8 Å². The van der Waals surface area contributed by atoms with Crippen LogP contribution >= 0.6 is 11.3 Å². The summed E-state index contributed by atoms with van der Waals surface area (Å²) in [4.78, 5) is 38.5. The zero-order chi connectivity index (χ0) is 21.8. The van der Waals surface area contributed by atoms with Gasteiger partial charge in [-0.05, 0) is 55.9 Å². The van der Waals surface area contributed by atoms with E-state index in [1.165, 1.54) is 11.3 Å². The van der Waals surface area contributed by atoms with Crippen LogP contribution in [0.5, 0.6) is 11.5 Å². The molecular weight excluding hydrogens is 420 g/mol. The Hall–Kier alpha value is -3.07. The van der Waals surface area contributed by atoms with Crippen LogP contribution in [0.25, 0.3) is 0 Å². The first-order valence-corrected chi connectivity index (χ1v) is 11.2. The first-order valence-electron chi connectivity index (χ1n) is 10.4. The van der Waals surface area contributed by atoms with Crippen molar-refractivity contribution in [2.24, 2.45) is 0 Å². The Bertz CT molecular complexity index is 1020. The molecule has 4 rings (SSSR count). The van der Waals surface area contributed by atoms with Gasteiger partial charge in [0.25, 0.3) is 5.91 Å². The molecule has 31 heavy (non-hydrogen) atoms. The van der Waals surface area contributed by atoms with Crippen molar-refractivity contribution >= 4 is 34.2 Å². The van der Waals surface area contributed by atoms with Gasteiger partial charge in [-0.15, -0.1) is 11.3 Å². The molecule has 0 bridgehead atoms. The van der Waals surface area contributed by atoms with E-state index in [1.54, 1.807) is 19.1 Å². The molecule has 1 aromatic heterocycles. The molecule has 0 fully saturated rings. The summed E-state index contributed by atoms with van der Waals surface area (Å²) in [7, 11) is 0. The smallest absolute Gasteiger partial charge is 0.414 e. The van der Waals surface area contributed by atoms with Gasteiger partial charge in [-0.1, -0.05) is 12.5 Å². The van der Waals surface area contributed by atoms with Crippen LogP contribution in [0.2, 0.25) is 0 Å². The number of anilines is 1. The number of thiophene rings is 1. The number of ether oxygens (including phenoxy) is 3. The third kappa shape index (κ3) is 4.82. The summed E-state index contributed by atoms with van der Waals surface area (Å²) in [5.41, 5.74) is 2.06. The number of alkyl carbamates (subject to hydrolysis) is 1. The molecule has 0 saturated heterocycles. The van der Waals surface area contributed by atoms with Gasteiger partial charge < -0.3 is 19.5 Å². The number of fused-ring (bicyclic) bond motifs is 2. The highest BCUT2D eigenvalue weighted by Gasteiger charge is 2.27. The van der Waals surface area contributed by atoms with Gasteiger partial charge in [0.1, 0.15) is 5.00 Å². The van der Waals surface area contributed by atoms with E-state index in [4.69, 9.17) is 14.2 Å². The van der Waals surface area contributed by atoms with Gasteiger partial charge >= 0.3 is 6.09 Å². The van der Waals surface area contributed by atoms with Crippen LogP contribution in [0.15, 0.2) is 18.2 Å². The van der Waals surface area contributed by atoms with Crippen LogP contribution < -0.4 is 20.1 Å². The zero-order valence-electron chi connectivity index (χ0n) is 17.2. The Morgan fingerprint density at radius 2 is 1.90 bits per heavy atom. The lowest BCUT2D eigenvalue weighted by molar-refractivity contribution is -0.115. The number of rotatable bonds is 5. The zero-order valence-corrected chi connectivity index (χ0v) is 18.1. The van der Waals surface area contributed by atoms with E-state index in [9.17, 15) is 14.4 Å². The number of hydrogen-bond acceptors (Lipinski definition) is 7. The number of benzene rings is 1. The molecule has 1 aromatic carbocycles. The molecule has 0 spiro atoms. The first-order chi connectivity index (χ1) is 15.0. The molecule has 0 unspecified atom stereocenters. The first kappa shape index (κ1) is 21.2. The lowest BCUT2D eigenvalue weighted by Gasteiger charge is -2.10. The second kappa shape index (κ2) is 9.38. The molecule has 2 aromatic rings. The highest BCUT2D eigenvalue weighted by Crippen LogP contribution is 2.38. The molecular formula is C22H24N2O6S. The lowest BCUT2D eigenvalue weighted by atomic mass is 10.0. The predicted molar refractivity (Wildman–Crippen MR) is 115 cm³/mol. The van der Waals surface area contributed by atoms with Gasteiger partial charge in [0.05, 0.1) is 18.6 Å². The second-order valence-corrected chi connectivity index (χ2v) is 8.46. The Morgan fingerprint density at radius 1 is 1.10 bits per heavy atom. The summed E-state index contributed by atoms with van der Waals surface area (Å²) < 4.78 is 15.5. The van der Waals surface area contributed by atoms with Gasteiger partial charge in [0.2, 0.25) is 12.7 Å². The molecule has 8 nitrogen and oxygen atoms in total. The van der Waals surface area contributed by atoms with Crippen LogP contribution in [-0.4, -0.2) is 31.3 Å². The van der Waals surface area contributed by atoms with E-state index in [0.29, 0.717) is 22.1 Å². The third-order valence-corrected chi connectivity index (χ3v) is 6.40. The largest absolute Gasteiger partial charge is 0.454 e. The van der Waals surface area contributed by atoms with Gasteiger partial charge in [-0.2, -0.15) is 0 Å². The number of carbonyl (C=O) groups is 3. The molecule has 0 saturated carbocycles. The van der Waals surface area contributed by atoms with Crippen molar-refractivity contribution in [1.82, 2.24) is 5.32 Å². The van der Waals surface area contributed by atoms with Crippen molar-refractivity contribution in [2.75, 3.05) is 18.7 Å². The molecule has 1 aliphatic heterocycles. The molecule has 2 N–H and O–H groups in total. The quantitative estimate of drug-likeness (QED) is 0.680. The average molecular weight is 445 g/mol. The molecule has 3 amide bonds.